The average Bonchev–Trinajstić information content (AvgIpc) is 3.60. The molecule has 0 amide bonds. The monoisotopic (exact) mass is 560 g/mol. The first-order chi connectivity index (χ1) is 19.8. The Hall–Kier alpha value is -4.23. The van der Waals surface area contributed by atoms with Gasteiger partial charge in [-0.25, -0.2) is 19.0 Å². The molecule has 2 fully saturated rings. The van der Waals surface area contributed by atoms with Crippen molar-refractivity contribution < 1.29 is 13.9 Å². The fourth-order valence-corrected chi connectivity index (χ4v) is 5.81. The zero-order chi connectivity index (χ0) is 28.6. The lowest BCUT2D eigenvalue weighted by Gasteiger charge is -2.52. The van der Waals surface area contributed by atoms with Gasteiger partial charge in [-0.1, -0.05) is 6.07 Å². The summed E-state index contributed by atoms with van der Waals surface area (Å²) < 4.78 is 21.2. The number of hydrogen-bond acceptors (Lipinski definition) is 10. The Kier molecular flexibility index (Phi) is 7.22. The molecule has 0 aromatic carbocycles. The quantitative estimate of drug-likeness (QED) is 0.325. The Balaban J connectivity index is 1.15. The third-order valence-corrected chi connectivity index (χ3v) is 8.00. The molecular weight excluding hydrogens is 527 g/mol. The normalized spacial score (nSPS) is 19.8. The number of H-pyrrole nitrogens is 1. The van der Waals surface area contributed by atoms with Gasteiger partial charge in [-0.15, -0.1) is 0 Å². The summed E-state index contributed by atoms with van der Waals surface area (Å²) in [6.45, 7) is 8.44. The van der Waals surface area contributed by atoms with Crippen LogP contribution in [0.1, 0.15) is 42.8 Å². The third kappa shape index (κ3) is 5.42. The number of rotatable bonds is 7. The lowest BCUT2D eigenvalue weighted by atomic mass is 9.81. The first-order valence-corrected chi connectivity index (χ1v) is 13.7. The van der Waals surface area contributed by atoms with Crippen molar-refractivity contribution >= 4 is 23.9 Å². The minimum absolute atomic E-state index is 0.0701. The highest BCUT2D eigenvalue weighted by molar-refractivity contribution is 5.61. The second-order valence-corrected chi connectivity index (χ2v) is 10.7. The number of morpholine rings is 1. The van der Waals surface area contributed by atoms with Crippen molar-refractivity contribution in [2.45, 2.75) is 51.3 Å². The number of halogens is 1. The highest BCUT2D eigenvalue weighted by Gasteiger charge is 2.49. The zero-order valence-electron chi connectivity index (χ0n) is 23.3. The maximum Gasteiger partial charge on any atom is 0.227 e. The van der Waals surface area contributed by atoms with Gasteiger partial charge in [-0.3, -0.25) is 10.00 Å². The predicted molar refractivity (Wildman–Crippen MR) is 150 cm³/mol. The summed E-state index contributed by atoms with van der Waals surface area (Å²) in [7, 11) is 0. The summed E-state index contributed by atoms with van der Waals surface area (Å²) in [5.41, 5.74) is 2.17. The summed E-state index contributed by atoms with van der Waals surface area (Å²) in [4.78, 5) is 30.8. The molecule has 6 rings (SSSR count). The number of aromatic nitrogens is 7. The number of anilines is 3. The van der Waals surface area contributed by atoms with Gasteiger partial charge < -0.3 is 19.7 Å². The molecule has 0 bridgehead atoms. The fraction of sp³-hybridized carbons (Fsp3) is 0.429. The molecule has 1 spiro atoms. The molecular formula is C28H33FN10O2. The maximum absolute atomic E-state index is 13.4. The molecule has 13 heteroatoms. The van der Waals surface area contributed by atoms with E-state index in [2.05, 4.69) is 47.3 Å². The van der Waals surface area contributed by atoms with Crippen LogP contribution in [0.5, 0.6) is 0 Å². The molecule has 2 aliphatic heterocycles. The van der Waals surface area contributed by atoms with E-state index < -0.39 is 17.5 Å². The summed E-state index contributed by atoms with van der Waals surface area (Å²) in [6.07, 6.45) is 6.55. The molecule has 2 atom stereocenters. The molecule has 0 aliphatic carbocycles. The Morgan fingerprint density at radius 3 is 2.63 bits per heavy atom. The molecule has 4 aromatic rings. The smallest absolute Gasteiger partial charge is 0.227 e. The van der Waals surface area contributed by atoms with Gasteiger partial charge in [-0.2, -0.15) is 15.2 Å². The number of aldehydes is 1. The van der Waals surface area contributed by atoms with Gasteiger partial charge in [0.1, 0.15) is 12.1 Å². The van der Waals surface area contributed by atoms with E-state index in [0.29, 0.717) is 62.5 Å². The molecule has 6 heterocycles. The van der Waals surface area contributed by atoms with Crippen molar-refractivity contribution in [3.8, 4) is 5.82 Å². The Morgan fingerprint density at radius 1 is 1.15 bits per heavy atom. The molecule has 0 radical (unpaired) electrons. The third-order valence-electron chi connectivity index (χ3n) is 8.00. The van der Waals surface area contributed by atoms with Crippen LogP contribution in [0.15, 0.2) is 42.9 Å². The van der Waals surface area contributed by atoms with Crippen LogP contribution in [-0.4, -0.2) is 84.0 Å². The fourth-order valence-electron chi connectivity index (χ4n) is 5.81. The van der Waals surface area contributed by atoms with Crippen molar-refractivity contribution in [1.82, 2.24) is 39.8 Å². The topological polar surface area (TPSA) is 130 Å². The van der Waals surface area contributed by atoms with E-state index in [9.17, 15) is 9.18 Å². The van der Waals surface area contributed by atoms with E-state index in [1.54, 1.807) is 12.3 Å². The van der Waals surface area contributed by atoms with Gasteiger partial charge in [0.05, 0.1) is 30.6 Å². The predicted octanol–water partition coefficient (Wildman–Crippen LogP) is 3.28. The number of carbonyl (C=O) groups is 1. The summed E-state index contributed by atoms with van der Waals surface area (Å²) >= 11 is 0. The first-order valence-electron chi connectivity index (χ1n) is 13.7. The van der Waals surface area contributed by atoms with Gasteiger partial charge >= 0.3 is 0 Å². The van der Waals surface area contributed by atoms with Gasteiger partial charge in [0, 0.05) is 55.4 Å². The number of nitrogens with zero attached hydrogens (tertiary/aromatic N) is 8. The number of aryl methyl sites for hydroxylation is 2. The van der Waals surface area contributed by atoms with Crippen LogP contribution < -0.4 is 10.2 Å². The first kappa shape index (κ1) is 27.0. The van der Waals surface area contributed by atoms with E-state index in [-0.39, 0.29) is 6.04 Å². The van der Waals surface area contributed by atoms with Gasteiger partial charge in [0.2, 0.25) is 5.95 Å². The number of carbonyl (C=O) groups excluding carboxylic acids is 1. The zero-order valence-corrected chi connectivity index (χ0v) is 23.3. The number of ether oxygens (including phenoxy) is 1. The van der Waals surface area contributed by atoms with Gasteiger partial charge in [0.15, 0.2) is 17.5 Å². The van der Waals surface area contributed by atoms with Gasteiger partial charge in [-0.05, 0) is 45.2 Å². The van der Waals surface area contributed by atoms with Crippen molar-refractivity contribution in [3.63, 3.8) is 0 Å². The molecule has 41 heavy (non-hydrogen) atoms. The van der Waals surface area contributed by atoms with Crippen LogP contribution in [0.2, 0.25) is 0 Å². The second kappa shape index (κ2) is 11.0. The molecule has 2 aliphatic rings. The second-order valence-electron chi connectivity index (χ2n) is 10.7. The van der Waals surface area contributed by atoms with E-state index in [1.165, 1.54) is 10.9 Å². The van der Waals surface area contributed by atoms with E-state index in [1.807, 2.05) is 32.0 Å². The molecule has 0 saturated carbocycles. The number of hydrogen-bond donors (Lipinski definition) is 2. The number of piperidine rings is 1. The summed E-state index contributed by atoms with van der Waals surface area (Å²) in [6, 6.07) is 7.08. The lowest BCUT2D eigenvalue weighted by molar-refractivity contribution is -0.169. The summed E-state index contributed by atoms with van der Waals surface area (Å²) in [5, 5.41) is 14.4. The van der Waals surface area contributed by atoms with Crippen LogP contribution >= 0.6 is 0 Å². The SMILES string of the molecule is Cc1cc(Nc2cc(C)[nH]n2)nc(N2CCC3(CC2)OCCN(C(C)c2ccc(-n4cc(F)cn4)nc2)C3C=O)n1. The minimum Gasteiger partial charge on any atom is -0.371 e. The average molecular weight is 561 g/mol. The van der Waals surface area contributed by atoms with E-state index >= 15 is 0 Å². The minimum atomic E-state index is -0.595. The Labute approximate surface area is 237 Å². The van der Waals surface area contributed by atoms with Crippen molar-refractivity contribution in [3.05, 3.63) is 65.6 Å². The number of aromatic amines is 1. The largest absolute Gasteiger partial charge is 0.371 e. The molecule has 2 unspecified atom stereocenters. The van der Waals surface area contributed by atoms with Gasteiger partial charge in [0.25, 0.3) is 0 Å². The highest BCUT2D eigenvalue weighted by Crippen LogP contribution is 2.39. The Bertz CT molecular complexity index is 1510. The highest BCUT2D eigenvalue weighted by atomic mass is 19.1. The number of nitrogens with one attached hydrogen (secondary N) is 2. The number of pyridine rings is 1. The summed E-state index contributed by atoms with van der Waals surface area (Å²) in [5.74, 6) is 2.12. The van der Waals surface area contributed by atoms with Crippen LogP contribution in [0.4, 0.5) is 22.0 Å². The van der Waals surface area contributed by atoms with Crippen molar-refractivity contribution in [2.75, 3.05) is 36.5 Å². The van der Waals surface area contributed by atoms with Crippen molar-refractivity contribution in [2.24, 2.45) is 0 Å². The Morgan fingerprint density at radius 2 is 1.98 bits per heavy atom. The molecule has 2 saturated heterocycles. The molecule has 12 nitrogen and oxygen atoms in total. The van der Waals surface area contributed by atoms with E-state index in [4.69, 9.17) is 9.72 Å². The molecule has 4 aromatic heterocycles. The lowest BCUT2D eigenvalue weighted by Crippen LogP contribution is -2.64. The van der Waals surface area contributed by atoms with Crippen LogP contribution in [0.25, 0.3) is 5.82 Å². The standard InChI is InChI=1S/C28H33FN10O2/c1-18-12-24(33-25-13-19(2)35-36-25)34-27(32-18)37-8-6-28(7-9-37)23(17-40)38(10-11-41-28)20(3)21-4-5-26(30-14-21)39-16-22(29)15-31-39/h4-5,12-17,20,23H,6-11H2,1-3H3,(H2,32,33,34,35,36). The van der Waals surface area contributed by atoms with Crippen LogP contribution in [0.3, 0.4) is 0 Å². The van der Waals surface area contributed by atoms with Crippen LogP contribution in [-0.2, 0) is 9.53 Å². The van der Waals surface area contributed by atoms with E-state index in [0.717, 1.165) is 29.4 Å². The molecule has 2 N–H and O–H groups in total. The maximum atomic E-state index is 13.4. The van der Waals surface area contributed by atoms with Crippen molar-refractivity contribution in [1.29, 1.82) is 0 Å². The molecule has 214 valence electrons. The van der Waals surface area contributed by atoms with Crippen LogP contribution in [0, 0.1) is 19.7 Å².